The Morgan fingerprint density at radius 2 is 2.04 bits per heavy atom. The molecule has 1 fully saturated rings. The van der Waals surface area contributed by atoms with Gasteiger partial charge < -0.3 is 15.2 Å². The van der Waals surface area contributed by atoms with Crippen LogP contribution in [0.15, 0.2) is 18.2 Å². The first kappa shape index (κ1) is 17.6. The van der Waals surface area contributed by atoms with E-state index in [9.17, 15) is 14.7 Å². The summed E-state index contributed by atoms with van der Waals surface area (Å²) in [6.07, 6.45) is 3.41. The molecule has 0 aliphatic heterocycles. The minimum atomic E-state index is -0.924. The van der Waals surface area contributed by atoms with E-state index in [1.165, 1.54) is 31.5 Å². The van der Waals surface area contributed by atoms with E-state index in [2.05, 4.69) is 12.2 Å². The summed E-state index contributed by atoms with van der Waals surface area (Å²) < 4.78 is 5.14. The van der Waals surface area contributed by atoms with Gasteiger partial charge >= 0.3 is 5.97 Å². The summed E-state index contributed by atoms with van der Waals surface area (Å²) in [7, 11) is 0. The van der Waals surface area contributed by atoms with Gasteiger partial charge in [-0.15, -0.1) is 0 Å². The number of carbonyl (C=O) groups excluding carboxylic acids is 2. The van der Waals surface area contributed by atoms with Crippen LogP contribution in [0, 0.1) is 5.92 Å². The molecule has 1 aromatic rings. The maximum Gasteiger partial charge on any atom is 0.342 e. The van der Waals surface area contributed by atoms with Crippen molar-refractivity contribution in [2.45, 2.75) is 51.7 Å². The first-order chi connectivity index (χ1) is 10.9. The fraction of sp³-hybridized carbons (Fsp3) is 0.529. The van der Waals surface area contributed by atoms with Gasteiger partial charge in [-0.05, 0) is 43.9 Å². The smallest absolute Gasteiger partial charge is 0.342 e. The van der Waals surface area contributed by atoms with Crippen LogP contribution in [0.3, 0.4) is 0 Å². The lowest BCUT2D eigenvalue weighted by Gasteiger charge is -2.30. The molecule has 126 valence electrons. The highest BCUT2D eigenvalue weighted by Gasteiger charge is 2.27. The maximum atomic E-state index is 12.2. The molecule has 5 nitrogen and oxygen atoms in total. The maximum absolute atomic E-state index is 12.2. The molecule has 6 heteroatoms. The highest BCUT2D eigenvalue weighted by molar-refractivity contribution is 6.30. The van der Waals surface area contributed by atoms with E-state index in [1.54, 1.807) is 0 Å². The van der Waals surface area contributed by atoms with Crippen molar-refractivity contribution in [3.8, 4) is 5.75 Å². The minimum absolute atomic E-state index is 0.0138. The van der Waals surface area contributed by atoms with Gasteiger partial charge in [0.1, 0.15) is 11.3 Å². The van der Waals surface area contributed by atoms with Crippen LogP contribution in [0.25, 0.3) is 0 Å². The number of benzene rings is 1. The minimum Gasteiger partial charge on any atom is -0.507 e. The zero-order chi connectivity index (χ0) is 17.0. The van der Waals surface area contributed by atoms with E-state index in [-0.39, 0.29) is 23.3 Å². The second kappa shape index (κ2) is 7.68. The second-order valence-electron chi connectivity index (χ2n) is 6.09. The predicted octanol–water partition coefficient (Wildman–Crippen LogP) is 3.29. The summed E-state index contributed by atoms with van der Waals surface area (Å²) >= 11 is 5.72. The Hall–Kier alpha value is -1.75. The number of carbonyl (C=O) groups is 2. The molecule has 1 saturated carbocycles. The lowest BCUT2D eigenvalue weighted by atomic mass is 9.86. The fourth-order valence-corrected chi connectivity index (χ4v) is 2.95. The van der Waals surface area contributed by atoms with Crippen molar-refractivity contribution in [1.82, 2.24) is 5.32 Å². The van der Waals surface area contributed by atoms with Crippen molar-refractivity contribution in [3.05, 3.63) is 28.8 Å². The van der Waals surface area contributed by atoms with Gasteiger partial charge in [0.2, 0.25) is 0 Å². The van der Waals surface area contributed by atoms with Gasteiger partial charge in [0.05, 0.1) is 0 Å². The number of esters is 1. The quantitative estimate of drug-likeness (QED) is 0.825. The van der Waals surface area contributed by atoms with E-state index < -0.39 is 12.1 Å². The fourth-order valence-electron chi connectivity index (χ4n) is 2.79. The molecule has 0 heterocycles. The Morgan fingerprint density at radius 3 is 2.70 bits per heavy atom. The predicted molar refractivity (Wildman–Crippen MR) is 87.6 cm³/mol. The molecular formula is C17H22ClNO4. The largest absolute Gasteiger partial charge is 0.507 e. The van der Waals surface area contributed by atoms with Crippen LogP contribution in [0.4, 0.5) is 0 Å². The van der Waals surface area contributed by atoms with Crippen molar-refractivity contribution >= 4 is 23.5 Å². The second-order valence-corrected chi connectivity index (χ2v) is 6.52. The Balaban J connectivity index is 1.93. The van der Waals surface area contributed by atoms with Gasteiger partial charge in [0.25, 0.3) is 5.91 Å². The summed E-state index contributed by atoms with van der Waals surface area (Å²) in [5, 5.41) is 13.0. The molecule has 0 saturated heterocycles. The van der Waals surface area contributed by atoms with Gasteiger partial charge in [-0.3, -0.25) is 4.79 Å². The van der Waals surface area contributed by atoms with Gasteiger partial charge in [-0.2, -0.15) is 0 Å². The molecule has 0 radical (unpaired) electrons. The van der Waals surface area contributed by atoms with E-state index in [1.807, 2.05) is 0 Å². The average molecular weight is 340 g/mol. The molecule has 3 atom stereocenters. The molecule has 2 rings (SSSR count). The SMILES string of the molecule is C[C@@H](OC(=O)c1ccc(Cl)cc1O)C(=O)N[C@H]1CCCC[C@@H]1C. The first-order valence-corrected chi connectivity index (χ1v) is 8.26. The average Bonchev–Trinajstić information content (AvgIpc) is 2.49. The summed E-state index contributed by atoms with van der Waals surface area (Å²) in [6, 6.07) is 4.23. The molecule has 1 aliphatic carbocycles. The van der Waals surface area contributed by atoms with E-state index >= 15 is 0 Å². The zero-order valence-electron chi connectivity index (χ0n) is 13.3. The number of halogens is 1. The number of amides is 1. The lowest BCUT2D eigenvalue weighted by Crippen LogP contribution is -2.45. The Morgan fingerprint density at radius 1 is 1.35 bits per heavy atom. The van der Waals surface area contributed by atoms with Crippen LogP contribution >= 0.6 is 11.6 Å². The van der Waals surface area contributed by atoms with Crippen LogP contribution in [0.1, 0.15) is 49.9 Å². The number of phenolic OH excluding ortho intramolecular Hbond substituents is 1. The molecule has 23 heavy (non-hydrogen) atoms. The molecule has 0 spiro atoms. The highest BCUT2D eigenvalue weighted by Crippen LogP contribution is 2.25. The molecule has 1 aromatic carbocycles. The van der Waals surface area contributed by atoms with Gasteiger partial charge in [0.15, 0.2) is 6.10 Å². The first-order valence-electron chi connectivity index (χ1n) is 7.88. The zero-order valence-corrected chi connectivity index (χ0v) is 14.1. The number of hydrogen-bond donors (Lipinski definition) is 2. The van der Waals surface area contributed by atoms with Crippen LogP contribution in [-0.2, 0) is 9.53 Å². The number of aromatic hydroxyl groups is 1. The van der Waals surface area contributed by atoms with Crippen LogP contribution < -0.4 is 5.32 Å². The summed E-state index contributed by atoms with van der Waals surface area (Å²) in [5.41, 5.74) is -0.0138. The Labute approximate surface area is 141 Å². The van der Waals surface area contributed by atoms with E-state index in [0.29, 0.717) is 10.9 Å². The van der Waals surface area contributed by atoms with Crippen molar-refractivity contribution in [1.29, 1.82) is 0 Å². The third-order valence-corrected chi connectivity index (χ3v) is 4.51. The van der Waals surface area contributed by atoms with Crippen LogP contribution in [0.2, 0.25) is 5.02 Å². The van der Waals surface area contributed by atoms with Gasteiger partial charge in [-0.25, -0.2) is 4.79 Å². The van der Waals surface area contributed by atoms with Crippen molar-refractivity contribution in [2.75, 3.05) is 0 Å². The normalized spacial score (nSPS) is 22.2. The molecule has 2 N–H and O–H groups in total. The third kappa shape index (κ3) is 4.61. The van der Waals surface area contributed by atoms with Gasteiger partial charge in [-0.1, -0.05) is 31.4 Å². The van der Waals surface area contributed by atoms with E-state index in [4.69, 9.17) is 16.3 Å². The van der Waals surface area contributed by atoms with Crippen LogP contribution in [0.5, 0.6) is 5.75 Å². The van der Waals surface area contributed by atoms with Gasteiger partial charge in [0, 0.05) is 11.1 Å². The number of rotatable bonds is 4. The summed E-state index contributed by atoms with van der Waals surface area (Å²) in [6.45, 7) is 3.64. The summed E-state index contributed by atoms with van der Waals surface area (Å²) in [5.74, 6) is -0.906. The number of phenols is 1. The lowest BCUT2D eigenvalue weighted by molar-refractivity contribution is -0.130. The standard InChI is InChI=1S/C17H22ClNO4/c1-10-5-3-4-6-14(10)19-16(21)11(2)23-17(22)13-8-7-12(18)9-15(13)20/h7-11,14,20H,3-6H2,1-2H3,(H,19,21)/t10-,11+,14-/m0/s1. The topological polar surface area (TPSA) is 75.6 Å². The molecular weight excluding hydrogens is 318 g/mol. The molecule has 0 unspecified atom stereocenters. The van der Waals surface area contributed by atoms with Crippen molar-refractivity contribution < 1.29 is 19.4 Å². The van der Waals surface area contributed by atoms with E-state index in [0.717, 1.165) is 19.3 Å². The highest BCUT2D eigenvalue weighted by atomic mass is 35.5. The molecule has 0 bridgehead atoms. The number of nitrogens with one attached hydrogen (secondary N) is 1. The Kier molecular flexibility index (Phi) is 5.88. The Bertz CT molecular complexity index is 590. The summed E-state index contributed by atoms with van der Waals surface area (Å²) in [4.78, 5) is 24.2. The molecule has 0 aromatic heterocycles. The molecule has 1 aliphatic rings. The van der Waals surface area contributed by atoms with Crippen LogP contribution in [-0.4, -0.2) is 29.1 Å². The monoisotopic (exact) mass is 339 g/mol. The number of hydrogen-bond acceptors (Lipinski definition) is 4. The number of ether oxygens (including phenoxy) is 1. The molecule has 1 amide bonds. The third-order valence-electron chi connectivity index (χ3n) is 4.27. The van der Waals surface area contributed by atoms with Crippen molar-refractivity contribution in [2.24, 2.45) is 5.92 Å². The van der Waals surface area contributed by atoms with Crippen molar-refractivity contribution in [3.63, 3.8) is 0 Å².